The molecule has 1 saturated heterocycles. The molecule has 0 aromatic heterocycles. The highest BCUT2D eigenvalue weighted by molar-refractivity contribution is 7.99. The van der Waals surface area contributed by atoms with Crippen molar-refractivity contribution in [3.05, 3.63) is 0 Å². The third-order valence-corrected chi connectivity index (χ3v) is 3.61. The molecule has 16 heavy (non-hydrogen) atoms. The van der Waals surface area contributed by atoms with Gasteiger partial charge in [0.15, 0.2) is 5.84 Å². The van der Waals surface area contributed by atoms with E-state index >= 15 is 0 Å². The molecule has 0 bridgehead atoms. The van der Waals surface area contributed by atoms with Gasteiger partial charge in [-0.3, -0.25) is 9.80 Å². The van der Waals surface area contributed by atoms with Gasteiger partial charge in [-0.2, -0.15) is 11.8 Å². The number of amidine groups is 1. The third kappa shape index (κ3) is 5.05. The lowest BCUT2D eigenvalue weighted by Gasteiger charge is -2.34. The number of nitrogens with zero attached hydrogens (tertiary/aromatic N) is 3. The van der Waals surface area contributed by atoms with Crippen LogP contribution in [0.1, 0.15) is 6.92 Å². The van der Waals surface area contributed by atoms with Crippen molar-refractivity contribution in [2.24, 2.45) is 10.9 Å². The minimum Gasteiger partial charge on any atom is -0.409 e. The Labute approximate surface area is 102 Å². The Morgan fingerprint density at radius 2 is 1.94 bits per heavy atom. The van der Waals surface area contributed by atoms with Crippen molar-refractivity contribution in [2.75, 3.05) is 50.8 Å². The van der Waals surface area contributed by atoms with E-state index in [0.29, 0.717) is 12.4 Å². The summed E-state index contributed by atoms with van der Waals surface area (Å²) in [5.41, 5.74) is 5.48. The van der Waals surface area contributed by atoms with Gasteiger partial charge in [0, 0.05) is 38.5 Å². The fourth-order valence-electron chi connectivity index (χ4n) is 1.77. The highest BCUT2D eigenvalue weighted by Gasteiger charge is 2.16. The summed E-state index contributed by atoms with van der Waals surface area (Å²) in [5, 5.41) is 11.5. The van der Waals surface area contributed by atoms with Gasteiger partial charge < -0.3 is 10.9 Å². The minimum absolute atomic E-state index is 0.301. The first-order chi connectivity index (χ1) is 7.76. The fraction of sp³-hybridized carbons (Fsp3) is 0.900. The molecule has 0 aliphatic carbocycles. The van der Waals surface area contributed by atoms with Crippen LogP contribution < -0.4 is 5.73 Å². The van der Waals surface area contributed by atoms with Crippen molar-refractivity contribution in [1.29, 1.82) is 0 Å². The smallest absolute Gasteiger partial charge is 0.153 e. The number of piperazine rings is 1. The number of hydrogen-bond acceptors (Lipinski definition) is 5. The van der Waals surface area contributed by atoms with Crippen LogP contribution in [-0.4, -0.2) is 71.6 Å². The second kappa shape index (κ2) is 7.76. The van der Waals surface area contributed by atoms with E-state index < -0.39 is 0 Å². The fourth-order valence-corrected chi connectivity index (χ4v) is 2.45. The van der Waals surface area contributed by atoms with E-state index in [1.54, 1.807) is 0 Å². The van der Waals surface area contributed by atoms with E-state index in [2.05, 4.69) is 21.9 Å². The lowest BCUT2D eigenvalue weighted by molar-refractivity contribution is 0.151. The van der Waals surface area contributed by atoms with Crippen LogP contribution in [0.2, 0.25) is 0 Å². The quantitative estimate of drug-likeness (QED) is 0.229. The van der Waals surface area contributed by atoms with Crippen molar-refractivity contribution in [2.45, 2.75) is 6.92 Å². The van der Waals surface area contributed by atoms with Crippen LogP contribution >= 0.6 is 11.8 Å². The molecule has 1 rings (SSSR count). The maximum absolute atomic E-state index is 8.48. The second-order valence-electron chi connectivity index (χ2n) is 3.91. The molecule has 0 unspecified atom stereocenters. The first-order valence-electron chi connectivity index (χ1n) is 5.75. The van der Waals surface area contributed by atoms with Crippen LogP contribution in [0.25, 0.3) is 0 Å². The SMILES string of the molecule is CCSCCN1CCN(CC(N)=NO)CC1. The zero-order valence-electron chi connectivity index (χ0n) is 9.93. The number of nitrogens with two attached hydrogens (primary N) is 1. The zero-order chi connectivity index (χ0) is 11.8. The molecule has 1 aliphatic heterocycles. The van der Waals surface area contributed by atoms with Gasteiger partial charge in [0.05, 0.1) is 6.54 Å². The van der Waals surface area contributed by atoms with Crippen molar-refractivity contribution < 1.29 is 5.21 Å². The van der Waals surface area contributed by atoms with Crippen LogP contribution in [0.3, 0.4) is 0 Å². The Balaban J connectivity index is 2.13. The molecular formula is C10H22N4OS. The maximum Gasteiger partial charge on any atom is 0.153 e. The molecule has 0 aromatic carbocycles. The van der Waals surface area contributed by atoms with Gasteiger partial charge in [0.25, 0.3) is 0 Å². The summed E-state index contributed by atoms with van der Waals surface area (Å²) in [7, 11) is 0. The molecule has 6 heteroatoms. The number of rotatable bonds is 6. The molecule has 5 nitrogen and oxygen atoms in total. The second-order valence-corrected chi connectivity index (χ2v) is 5.30. The van der Waals surface area contributed by atoms with Gasteiger partial charge in [-0.05, 0) is 5.75 Å². The topological polar surface area (TPSA) is 65.1 Å². The minimum atomic E-state index is 0.301. The standard InChI is InChI=1S/C10H22N4OS/c1-2-16-8-7-13-3-5-14(6-4-13)9-10(11)12-15/h15H,2-9H2,1H3,(H2,11,12). The van der Waals surface area contributed by atoms with Gasteiger partial charge >= 0.3 is 0 Å². The third-order valence-electron chi connectivity index (χ3n) is 2.73. The average Bonchev–Trinajstić information content (AvgIpc) is 2.31. The normalized spacial score (nSPS) is 20.2. The van der Waals surface area contributed by atoms with E-state index in [4.69, 9.17) is 10.9 Å². The molecule has 1 fully saturated rings. The van der Waals surface area contributed by atoms with Crippen LogP contribution in [0.5, 0.6) is 0 Å². The highest BCUT2D eigenvalue weighted by Crippen LogP contribution is 2.04. The Bertz CT molecular complexity index is 217. The Morgan fingerprint density at radius 1 is 1.31 bits per heavy atom. The van der Waals surface area contributed by atoms with Gasteiger partial charge in [-0.15, -0.1) is 0 Å². The van der Waals surface area contributed by atoms with Crippen LogP contribution in [-0.2, 0) is 0 Å². The van der Waals surface area contributed by atoms with Gasteiger partial charge in [0.1, 0.15) is 0 Å². The lowest BCUT2D eigenvalue weighted by atomic mass is 10.3. The molecule has 1 heterocycles. The summed E-state index contributed by atoms with van der Waals surface area (Å²) in [6.45, 7) is 8.13. The number of hydrogen-bond donors (Lipinski definition) is 2. The molecule has 0 amide bonds. The predicted octanol–water partition coefficient (Wildman–Crippen LogP) is 0.104. The summed E-state index contributed by atoms with van der Waals surface area (Å²) in [6.07, 6.45) is 0. The molecule has 0 atom stereocenters. The first kappa shape index (κ1) is 13.6. The molecule has 94 valence electrons. The molecule has 3 N–H and O–H groups in total. The molecule has 0 aromatic rings. The van der Waals surface area contributed by atoms with Crippen LogP contribution in [0.15, 0.2) is 5.16 Å². The van der Waals surface area contributed by atoms with E-state index in [-0.39, 0.29) is 0 Å². The van der Waals surface area contributed by atoms with E-state index in [1.807, 2.05) is 11.8 Å². The van der Waals surface area contributed by atoms with Gasteiger partial charge in [-0.25, -0.2) is 0 Å². The Kier molecular flexibility index (Phi) is 6.59. The molecule has 0 radical (unpaired) electrons. The summed E-state index contributed by atoms with van der Waals surface area (Å²) < 4.78 is 0. The number of oxime groups is 1. The lowest BCUT2D eigenvalue weighted by Crippen LogP contribution is -2.49. The van der Waals surface area contributed by atoms with Crippen molar-refractivity contribution >= 4 is 17.6 Å². The van der Waals surface area contributed by atoms with E-state index in [1.165, 1.54) is 18.1 Å². The zero-order valence-corrected chi connectivity index (χ0v) is 10.7. The Morgan fingerprint density at radius 3 is 2.50 bits per heavy atom. The number of thioether (sulfide) groups is 1. The van der Waals surface area contributed by atoms with Crippen LogP contribution in [0, 0.1) is 0 Å². The summed E-state index contributed by atoms with van der Waals surface area (Å²) in [4.78, 5) is 4.70. The average molecular weight is 246 g/mol. The van der Waals surface area contributed by atoms with Crippen molar-refractivity contribution in [1.82, 2.24) is 9.80 Å². The van der Waals surface area contributed by atoms with Gasteiger partial charge in [-0.1, -0.05) is 12.1 Å². The summed E-state index contributed by atoms with van der Waals surface area (Å²) >= 11 is 1.99. The summed E-state index contributed by atoms with van der Waals surface area (Å²) in [6, 6.07) is 0. The largest absolute Gasteiger partial charge is 0.409 e. The maximum atomic E-state index is 8.48. The van der Waals surface area contributed by atoms with Crippen molar-refractivity contribution in [3.63, 3.8) is 0 Å². The molecule has 1 aliphatic rings. The van der Waals surface area contributed by atoms with Gasteiger partial charge in [0.2, 0.25) is 0 Å². The Hall–Kier alpha value is -0.460. The van der Waals surface area contributed by atoms with Crippen LogP contribution in [0.4, 0.5) is 0 Å². The predicted molar refractivity (Wildman–Crippen MR) is 69.3 cm³/mol. The monoisotopic (exact) mass is 246 g/mol. The molecule has 0 spiro atoms. The first-order valence-corrected chi connectivity index (χ1v) is 6.90. The van der Waals surface area contributed by atoms with E-state index in [0.717, 1.165) is 26.2 Å². The summed E-state index contributed by atoms with van der Waals surface area (Å²) in [5.74, 6) is 2.72. The molecular weight excluding hydrogens is 224 g/mol. The highest BCUT2D eigenvalue weighted by atomic mass is 32.2. The van der Waals surface area contributed by atoms with Crippen molar-refractivity contribution in [3.8, 4) is 0 Å². The molecule has 0 saturated carbocycles. The van der Waals surface area contributed by atoms with E-state index in [9.17, 15) is 0 Å².